The standard InChI is InChI=1S/C23H16BrFN2/c24-20-10-9-14(25)11-17(20)23(18-12-26-21-7-3-1-5-15(18)21)19-13-27-22-8-4-2-6-16(19)22/h1-13,23,26-27H. The predicted octanol–water partition coefficient (Wildman–Crippen LogP) is 6.73. The molecule has 0 unspecified atom stereocenters. The van der Waals surface area contributed by atoms with Crippen molar-refractivity contribution in [2.75, 3.05) is 0 Å². The average Bonchev–Trinajstić information content (AvgIpc) is 3.30. The number of aromatic amines is 2. The Bertz CT molecular complexity index is 1190. The maximum Gasteiger partial charge on any atom is 0.123 e. The van der Waals surface area contributed by atoms with Crippen molar-refractivity contribution < 1.29 is 4.39 Å². The lowest BCUT2D eigenvalue weighted by Gasteiger charge is -2.19. The first-order valence-corrected chi connectivity index (χ1v) is 9.58. The number of benzene rings is 3. The lowest BCUT2D eigenvalue weighted by Crippen LogP contribution is -2.04. The summed E-state index contributed by atoms with van der Waals surface area (Å²) >= 11 is 3.64. The van der Waals surface area contributed by atoms with Gasteiger partial charge in [-0.15, -0.1) is 0 Å². The number of H-pyrrole nitrogens is 2. The van der Waals surface area contributed by atoms with Gasteiger partial charge in [-0.2, -0.15) is 0 Å². The maximum absolute atomic E-state index is 14.2. The van der Waals surface area contributed by atoms with Crippen LogP contribution in [0.3, 0.4) is 0 Å². The van der Waals surface area contributed by atoms with Crippen LogP contribution >= 0.6 is 15.9 Å². The third kappa shape index (κ3) is 2.68. The Labute approximate surface area is 164 Å². The van der Waals surface area contributed by atoms with E-state index in [9.17, 15) is 4.39 Å². The smallest absolute Gasteiger partial charge is 0.123 e. The van der Waals surface area contributed by atoms with Crippen molar-refractivity contribution in [3.63, 3.8) is 0 Å². The maximum atomic E-state index is 14.2. The minimum absolute atomic E-state index is 0.109. The molecule has 5 aromatic rings. The van der Waals surface area contributed by atoms with Gasteiger partial charge in [0.25, 0.3) is 0 Å². The number of halogens is 2. The van der Waals surface area contributed by atoms with Gasteiger partial charge in [-0.05, 0) is 47.0 Å². The molecule has 5 rings (SSSR count). The van der Waals surface area contributed by atoms with Crippen molar-refractivity contribution in [1.29, 1.82) is 0 Å². The van der Waals surface area contributed by atoms with E-state index in [2.05, 4.69) is 50.2 Å². The van der Waals surface area contributed by atoms with Crippen LogP contribution in [0.2, 0.25) is 0 Å². The van der Waals surface area contributed by atoms with E-state index in [0.717, 1.165) is 43.0 Å². The van der Waals surface area contributed by atoms with E-state index in [1.54, 1.807) is 12.1 Å². The third-order valence-electron chi connectivity index (χ3n) is 5.13. The van der Waals surface area contributed by atoms with Gasteiger partial charge in [-0.3, -0.25) is 0 Å². The zero-order chi connectivity index (χ0) is 18.4. The highest BCUT2D eigenvalue weighted by Crippen LogP contribution is 2.41. The van der Waals surface area contributed by atoms with Gasteiger partial charge in [0.05, 0.1) is 0 Å². The van der Waals surface area contributed by atoms with Crippen molar-refractivity contribution in [3.05, 3.63) is 106 Å². The largest absolute Gasteiger partial charge is 0.361 e. The molecule has 132 valence electrons. The fourth-order valence-electron chi connectivity index (χ4n) is 3.90. The van der Waals surface area contributed by atoms with E-state index >= 15 is 0 Å². The molecular weight excluding hydrogens is 403 g/mol. The van der Waals surface area contributed by atoms with Crippen molar-refractivity contribution in [2.45, 2.75) is 5.92 Å². The first-order valence-electron chi connectivity index (χ1n) is 8.79. The van der Waals surface area contributed by atoms with Gasteiger partial charge < -0.3 is 9.97 Å². The molecule has 0 aliphatic rings. The Hall–Kier alpha value is -2.85. The molecule has 3 aromatic carbocycles. The van der Waals surface area contributed by atoms with Crippen LogP contribution in [0.1, 0.15) is 22.6 Å². The van der Waals surface area contributed by atoms with Crippen LogP contribution in [0.4, 0.5) is 4.39 Å². The molecule has 4 heteroatoms. The second-order valence-electron chi connectivity index (χ2n) is 6.68. The van der Waals surface area contributed by atoms with Crippen LogP contribution in [-0.2, 0) is 0 Å². The Kier molecular flexibility index (Phi) is 3.87. The summed E-state index contributed by atoms with van der Waals surface area (Å²) in [6.07, 6.45) is 4.07. The molecule has 0 atom stereocenters. The topological polar surface area (TPSA) is 31.6 Å². The van der Waals surface area contributed by atoms with Crippen LogP contribution in [0.15, 0.2) is 83.6 Å². The van der Waals surface area contributed by atoms with E-state index in [4.69, 9.17) is 0 Å². The van der Waals surface area contributed by atoms with Gasteiger partial charge in [0.1, 0.15) is 5.82 Å². The van der Waals surface area contributed by atoms with Crippen LogP contribution in [0, 0.1) is 5.82 Å². The molecule has 0 aliphatic carbocycles. The Morgan fingerprint density at radius 2 is 1.26 bits per heavy atom. The second-order valence-corrected chi connectivity index (χ2v) is 7.53. The fraction of sp³-hybridized carbons (Fsp3) is 0.0435. The van der Waals surface area contributed by atoms with Crippen LogP contribution in [0.25, 0.3) is 21.8 Å². The molecule has 0 spiro atoms. The lowest BCUT2D eigenvalue weighted by molar-refractivity contribution is 0.624. The second kappa shape index (κ2) is 6.39. The highest BCUT2D eigenvalue weighted by Gasteiger charge is 2.25. The van der Waals surface area contributed by atoms with Crippen molar-refractivity contribution in [3.8, 4) is 0 Å². The summed E-state index contributed by atoms with van der Waals surface area (Å²) in [6.45, 7) is 0. The molecule has 0 amide bonds. The summed E-state index contributed by atoms with van der Waals surface area (Å²) in [5.41, 5.74) is 5.31. The first-order chi connectivity index (χ1) is 13.2. The zero-order valence-corrected chi connectivity index (χ0v) is 15.9. The molecule has 2 N–H and O–H groups in total. The van der Waals surface area contributed by atoms with Crippen molar-refractivity contribution in [2.24, 2.45) is 0 Å². The minimum atomic E-state index is -0.238. The molecule has 0 fully saturated rings. The molecular formula is C23H16BrFN2. The SMILES string of the molecule is Fc1ccc(Br)c(C(c2c[nH]c3ccccc23)c2c[nH]c3ccccc23)c1. The van der Waals surface area contributed by atoms with E-state index < -0.39 is 0 Å². The van der Waals surface area contributed by atoms with Crippen LogP contribution in [-0.4, -0.2) is 9.97 Å². The molecule has 0 saturated carbocycles. The molecule has 0 radical (unpaired) electrons. The van der Waals surface area contributed by atoms with Gasteiger partial charge >= 0.3 is 0 Å². The Morgan fingerprint density at radius 1 is 0.704 bits per heavy atom. The molecule has 0 bridgehead atoms. The summed E-state index contributed by atoms with van der Waals surface area (Å²) in [4.78, 5) is 6.73. The number of aromatic nitrogens is 2. The van der Waals surface area contributed by atoms with Gasteiger partial charge in [0.15, 0.2) is 0 Å². The van der Waals surface area contributed by atoms with E-state index in [0.29, 0.717) is 0 Å². The molecule has 27 heavy (non-hydrogen) atoms. The summed E-state index contributed by atoms with van der Waals surface area (Å²) in [5, 5.41) is 2.29. The normalized spacial score (nSPS) is 11.7. The van der Waals surface area contributed by atoms with Crippen LogP contribution in [0.5, 0.6) is 0 Å². The van der Waals surface area contributed by atoms with Gasteiger partial charge in [0, 0.05) is 44.6 Å². The number of fused-ring (bicyclic) bond motifs is 2. The monoisotopic (exact) mass is 418 g/mol. The highest BCUT2D eigenvalue weighted by molar-refractivity contribution is 9.10. The number of hydrogen-bond acceptors (Lipinski definition) is 0. The van der Waals surface area contributed by atoms with Gasteiger partial charge in [-0.1, -0.05) is 52.3 Å². The quantitative estimate of drug-likeness (QED) is 0.325. The lowest BCUT2D eigenvalue weighted by atomic mass is 9.85. The van der Waals surface area contributed by atoms with E-state index in [1.165, 1.54) is 6.07 Å². The predicted molar refractivity (Wildman–Crippen MR) is 112 cm³/mol. The molecule has 2 heterocycles. The average molecular weight is 419 g/mol. The summed E-state index contributed by atoms with van der Waals surface area (Å²) < 4.78 is 15.1. The fourth-order valence-corrected chi connectivity index (χ4v) is 4.38. The van der Waals surface area contributed by atoms with Gasteiger partial charge in [-0.25, -0.2) is 4.39 Å². The Morgan fingerprint density at radius 3 is 1.85 bits per heavy atom. The Balaban J connectivity index is 1.84. The highest BCUT2D eigenvalue weighted by atomic mass is 79.9. The minimum Gasteiger partial charge on any atom is -0.361 e. The first kappa shape index (κ1) is 16.3. The number of para-hydroxylation sites is 2. The number of nitrogens with one attached hydrogen (secondary N) is 2. The van der Waals surface area contributed by atoms with Crippen molar-refractivity contribution in [1.82, 2.24) is 9.97 Å². The molecule has 2 nitrogen and oxygen atoms in total. The van der Waals surface area contributed by atoms with E-state index in [-0.39, 0.29) is 11.7 Å². The third-order valence-corrected chi connectivity index (χ3v) is 5.86. The van der Waals surface area contributed by atoms with Crippen LogP contribution < -0.4 is 0 Å². The molecule has 2 aromatic heterocycles. The summed E-state index contributed by atoms with van der Waals surface area (Å²) in [7, 11) is 0. The zero-order valence-electron chi connectivity index (χ0n) is 14.3. The number of hydrogen-bond donors (Lipinski definition) is 2. The van der Waals surface area contributed by atoms with E-state index in [1.807, 2.05) is 36.7 Å². The molecule has 0 saturated heterocycles. The number of rotatable bonds is 3. The summed E-state index contributed by atoms with van der Waals surface area (Å²) in [6, 6.07) is 21.3. The summed E-state index contributed by atoms with van der Waals surface area (Å²) in [5.74, 6) is -0.347. The van der Waals surface area contributed by atoms with Crippen molar-refractivity contribution >= 4 is 37.7 Å². The molecule has 0 aliphatic heterocycles. The van der Waals surface area contributed by atoms with Gasteiger partial charge in [0.2, 0.25) is 0 Å².